The molecule has 17 aromatic rings. The lowest BCUT2D eigenvalue weighted by molar-refractivity contribution is 0.594. The highest BCUT2D eigenvalue weighted by Gasteiger charge is 2.32. The maximum Gasteiger partial charge on any atom is 0.0641 e. The van der Waals surface area contributed by atoms with Gasteiger partial charge in [0.1, 0.15) is 0 Å². The first-order chi connectivity index (χ1) is 42.0. The highest BCUT2D eigenvalue weighted by atomic mass is 15.2. The summed E-state index contributed by atoms with van der Waals surface area (Å²) in [7, 11) is 0. The van der Waals surface area contributed by atoms with Crippen LogP contribution in [0.25, 0.3) is 120 Å². The summed E-state index contributed by atoms with van der Waals surface area (Å²) < 4.78 is 5.29. The minimum absolute atomic E-state index is 0.152. The van der Waals surface area contributed by atoms with Crippen LogP contribution in [-0.4, -0.2) is 8.80 Å². The third-order valence-corrected chi connectivity index (χ3v) is 18.5. The molecular formula is C82H62N4. The van der Waals surface area contributed by atoms with E-state index in [1.165, 1.54) is 131 Å². The van der Waals surface area contributed by atoms with Crippen LogP contribution in [0.15, 0.2) is 267 Å². The number of hydrogen-bond donors (Lipinski definition) is 0. The molecule has 13 aromatic carbocycles. The topological polar surface area (TPSA) is 15.3 Å². The second-order valence-electron chi connectivity index (χ2n) is 25.7. The van der Waals surface area contributed by atoms with Crippen molar-refractivity contribution in [2.24, 2.45) is 0 Å². The molecule has 0 N–H and O–H groups in total. The Kier molecular flexibility index (Phi) is 10.8. The van der Waals surface area contributed by atoms with Gasteiger partial charge in [0.25, 0.3) is 0 Å². The molecule has 0 radical (unpaired) electrons. The molecule has 0 aliphatic heterocycles. The van der Waals surface area contributed by atoms with Crippen LogP contribution < -0.4 is 9.80 Å². The number of benzene rings is 13. The van der Waals surface area contributed by atoms with Crippen LogP contribution in [0.4, 0.5) is 34.1 Å². The number of hydrogen-bond acceptors (Lipinski definition) is 2. The van der Waals surface area contributed by atoms with Crippen LogP contribution >= 0.6 is 0 Å². The van der Waals surface area contributed by atoms with Gasteiger partial charge in [0.2, 0.25) is 0 Å². The van der Waals surface area contributed by atoms with Gasteiger partial charge in [-0.1, -0.05) is 236 Å². The van der Waals surface area contributed by atoms with Crippen molar-refractivity contribution >= 4 is 132 Å². The van der Waals surface area contributed by atoms with Crippen LogP contribution in [-0.2, 0) is 10.8 Å². The second kappa shape index (κ2) is 18.5. The zero-order valence-electron chi connectivity index (χ0n) is 49.2. The van der Waals surface area contributed by atoms with Gasteiger partial charge in [-0.15, -0.1) is 0 Å². The van der Waals surface area contributed by atoms with Crippen molar-refractivity contribution in [3.63, 3.8) is 0 Å². The fourth-order valence-electron chi connectivity index (χ4n) is 14.8. The Labute approximate surface area is 500 Å². The summed E-state index contributed by atoms with van der Waals surface area (Å²) in [4.78, 5) is 4.99. The summed E-state index contributed by atoms with van der Waals surface area (Å²) in [5, 5.41) is 15.0. The highest BCUT2D eigenvalue weighted by molar-refractivity contribution is 6.32. The number of nitrogens with zero attached hydrogens (tertiary/aromatic N) is 4. The lowest BCUT2D eigenvalue weighted by atomic mass is 9.85. The Bertz CT molecular complexity index is 5200. The van der Waals surface area contributed by atoms with Crippen LogP contribution in [0.5, 0.6) is 0 Å². The standard InChI is InChI=1S/C82H62N4/c1-81(2,3)69-41-21-39-65-75-71(83(55-29-9-7-10-30-55)57-33-17-27-53(47-57)61-37-19-25-51-23-13-15-35-59(51)61)45-43-63-67-50-74-68(49-73(67)85(77(65)69)79(63)75)64-44-46-72(76-66-40-22-42-70(82(4,5)6)78(66)86(74)80(64)76)84(56-31-11-8-12-32-56)58-34-18-28-54(48-58)62-38-20-26-52-24-14-16-36-60(52)62/h7-50H,1-6H3. The monoisotopic (exact) mass is 1100 g/mol. The minimum atomic E-state index is -0.152. The molecule has 0 unspecified atom stereocenters. The Balaban J connectivity index is 0.950. The highest BCUT2D eigenvalue weighted by Crippen LogP contribution is 2.53. The molecule has 4 aromatic heterocycles. The van der Waals surface area contributed by atoms with Crippen molar-refractivity contribution in [1.29, 1.82) is 0 Å². The van der Waals surface area contributed by atoms with E-state index in [9.17, 15) is 0 Å². The van der Waals surface area contributed by atoms with E-state index in [0.29, 0.717) is 0 Å². The molecule has 4 heteroatoms. The van der Waals surface area contributed by atoms with Gasteiger partial charge in [-0.3, -0.25) is 0 Å². The largest absolute Gasteiger partial charge is 0.310 e. The third kappa shape index (κ3) is 7.35. The number of aromatic nitrogens is 2. The molecule has 4 heterocycles. The zero-order valence-corrected chi connectivity index (χ0v) is 49.2. The van der Waals surface area contributed by atoms with Gasteiger partial charge in [0.15, 0.2) is 0 Å². The molecule has 0 spiro atoms. The SMILES string of the molecule is CC(C)(C)c1cccc2c3c(N(c4ccccc4)c4cccc(-c5cccc6ccccc56)c4)ccc4c5cc6c(cc5n(c12)c43)c1ccc(N(c2ccccc2)c2cccc(-c3cccc4ccccc34)c2)c2c3cccc(C(C)(C)C)c3n6c12. The number of fused-ring (bicyclic) bond motifs is 14. The van der Waals surface area contributed by atoms with Crippen molar-refractivity contribution in [2.45, 2.75) is 52.4 Å². The van der Waals surface area contributed by atoms with Crippen LogP contribution in [0, 0.1) is 0 Å². The average molecular weight is 1100 g/mol. The Morgan fingerprint density at radius 3 is 1.06 bits per heavy atom. The van der Waals surface area contributed by atoms with Crippen LogP contribution in [0.1, 0.15) is 52.7 Å². The second-order valence-corrected chi connectivity index (χ2v) is 25.7. The lowest BCUT2D eigenvalue weighted by Gasteiger charge is -2.27. The van der Waals surface area contributed by atoms with Gasteiger partial charge in [-0.05, 0) is 139 Å². The van der Waals surface area contributed by atoms with E-state index in [2.05, 4.69) is 327 Å². The summed E-state index contributed by atoms with van der Waals surface area (Å²) in [5.74, 6) is 0. The molecule has 0 amide bonds. The molecule has 0 saturated carbocycles. The summed E-state index contributed by atoms with van der Waals surface area (Å²) in [5.41, 5.74) is 21.4. The van der Waals surface area contributed by atoms with Crippen LogP contribution in [0.3, 0.4) is 0 Å². The molecular weight excluding hydrogens is 1040 g/mol. The molecule has 17 rings (SSSR count). The van der Waals surface area contributed by atoms with E-state index in [4.69, 9.17) is 0 Å². The Morgan fingerprint density at radius 2 is 0.628 bits per heavy atom. The van der Waals surface area contributed by atoms with Gasteiger partial charge in [0.05, 0.1) is 44.5 Å². The molecule has 0 bridgehead atoms. The van der Waals surface area contributed by atoms with Crippen molar-refractivity contribution in [1.82, 2.24) is 8.80 Å². The van der Waals surface area contributed by atoms with Crippen molar-refractivity contribution in [3.8, 4) is 22.3 Å². The summed E-state index contributed by atoms with van der Waals surface area (Å²) in [6, 6.07) is 99.7. The zero-order chi connectivity index (χ0) is 57.7. The van der Waals surface area contributed by atoms with E-state index < -0.39 is 0 Å². The fourth-order valence-corrected chi connectivity index (χ4v) is 14.8. The molecule has 86 heavy (non-hydrogen) atoms. The van der Waals surface area contributed by atoms with E-state index in [1.54, 1.807) is 0 Å². The quantitative estimate of drug-likeness (QED) is 0.151. The Morgan fingerprint density at radius 1 is 0.267 bits per heavy atom. The lowest BCUT2D eigenvalue weighted by Crippen LogP contribution is -2.12. The smallest absolute Gasteiger partial charge is 0.0641 e. The third-order valence-electron chi connectivity index (χ3n) is 18.5. The molecule has 0 atom stereocenters. The van der Waals surface area contributed by atoms with Gasteiger partial charge in [-0.2, -0.15) is 0 Å². The first-order valence-corrected chi connectivity index (χ1v) is 30.3. The number of anilines is 6. The average Bonchev–Trinajstić information content (AvgIpc) is 1.52. The summed E-state index contributed by atoms with van der Waals surface area (Å²) in [6.07, 6.45) is 0. The first-order valence-electron chi connectivity index (χ1n) is 30.3. The Hall–Kier alpha value is -10.4. The number of para-hydroxylation sites is 4. The van der Waals surface area contributed by atoms with Gasteiger partial charge in [-0.25, -0.2) is 0 Å². The van der Waals surface area contributed by atoms with E-state index in [1.807, 2.05) is 0 Å². The van der Waals surface area contributed by atoms with Crippen LogP contribution in [0.2, 0.25) is 0 Å². The molecule has 4 nitrogen and oxygen atoms in total. The molecule has 0 aliphatic carbocycles. The maximum absolute atomic E-state index is 2.65. The maximum atomic E-state index is 2.65. The molecule has 0 aliphatic rings. The first kappa shape index (κ1) is 50.1. The van der Waals surface area contributed by atoms with E-state index in [0.717, 1.165) is 34.1 Å². The normalized spacial score (nSPS) is 12.5. The van der Waals surface area contributed by atoms with Gasteiger partial charge >= 0.3 is 0 Å². The van der Waals surface area contributed by atoms with E-state index >= 15 is 0 Å². The fraction of sp³-hybridized carbons (Fsp3) is 0.0976. The predicted octanol–water partition coefficient (Wildman–Crippen LogP) is 23.2. The summed E-state index contributed by atoms with van der Waals surface area (Å²) in [6.45, 7) is 14.2. The van der Waals surface area contributed by atoms with Crippen molar-refractivity contribution in [2.75, 3.05) is 9.80 Å². The van der Waals surface area contributed by atoms with Crippen molar-refractivity contribution < 1.29 is 0 Å². The molecule has 410 valence electrons. The van der Waals surface area contributed by atoms with Gasteiger partial charge < -0.3 is 18.6 Å². The summed E-state index contributed by atoms with van der Waals surface area (Å²) >= 11 is 0. The minimum Gasteiger partial charge on any atom is -0.310 e. The number of rotatable bonds is 8. The van der Waals surface area contributed by atoms with Crippen molar-refractivity contribution in [3.05, 3.63) is 278 Å². The van der Waals surface area contributed by atoms with Gasteiger partial charge in [0, 0.05) is 65.8 Å². The molecule has 0 saturated heterocycles. The predicted molar refractivity (Wildman–Crippen MR) is 368 cm³/mol. The van der Waals surface area contributed by atoms with E-state index in [-0.39, 0.29) is 10.8 Å². The molecule has 0 fully saturated rings.